The fourth-order valence-corrected chi connectivity index (χ4v) is 2.05. The van der Waals surface area contributed by atoms with E-state index in [0.717, 1.165) is 6.54 Å². The van der Waals surface area contributed by atoms with E-state index in [-0.39, 0.29) is 5.84 Å². The van der Waals surface area contributed by atoms with Crippen LogP contribution in [0, 0.1) is 0 Å². The van der Waals surface area contributed by atoms with Gasteiger partial charge in [-0.25, -0.2) is 4.98 Å². The van der Waals surface area contributed by atoms with Crippen molar-refractivity contribution in [1.82, 2.24) is 9.88 Å². The second-order valence-electron chi connectivity index (χ2n) is 5.14. The number of aromatic nitrogens is 1. The predicted octanol–water partition coefficient (Wildman–Crippen LogP) is 1.67. The molecule has 1 aromatic rings. The van der Waals surface area contributed by atoms with Gasteiger partial charge in [-0.2, -0.15) is 0 Å². The molecule has 6 nitrogen and oxygen atoms in total. The summed E-state index contributed by atoms with van der Waals surface area (Å²) < 4.78 is 5.66. The van der Waals surface area contributed by atoms with E-state index in [9.17, 15) is 0 Å². The van der Waals surface area contributed by atoms with E-state index < -0.39 is 0 Å². The summed E-state index contributed by atoms with van der Waals surface area (Å²) in [4.78, 5) is 6.42. The lowest BCUT2D eigenvalue weighted by Crippen LogP contribution is -2.39. The highest BCUT2D eigenvalue weighted by atomic mass is 16.5. The van der Waals surface area contributed by atoms with Crippen LogP contribution in [-0.2, 0) is 0 Å². The molecule has 20 heavy (non-hydrogen) atoms. The Labute approximate surface area is 120 Å². The molecule has 0 aliphatic heterocycles. The van der Waals surface area contributed by atoms with Crippen LogP contribution in [0.15, 0.2) is 23.5 Å². The molecule has 0 atom stereocenters. The number of nitrogens with zero attached hydrogens (tertiary/aromatic N) is 3. The molecule has 0 spiro atoms. The minimum atomic E-state index is -0.0117. The molecule has 1 rings (SSSR count). The van der Waals surface area contributed by atoms with Crippen LogP contribution in [-0.4, -0.2) is 46.2 Å². The van der Waals surface area contributed by atoms with Crippen LogP contribution in [0.1, 0.15) is 33.4 Å². The first kappa shape index (κ1) is 16.2. The summed E-state index contributed by atoms with van der Waals surface area (Å²) in [7, 11) is 0. The minimum Gasteiger partial charge on any atom is -0.491 e. The SMILES string of the molecule is CC(C)N(CCOc1ccc(/C(N)=N/O)nc1)C(C)C. The van der Waals surface area contributed by atoms with Gasteiger partial charge in [-0.3, -0.25) is 4.90 Å². The Morgan fingerprint density at radius 3 is 2.45 bits per heavy atom. The van der Waals surface area contributed by atoms with Gasteiger partial charge < -0.3 is 15.7 Å². The second kappa shape index (κ2) is 7.69. The average Bonchev–Trinajstić information content (AvgIpc) is 2.42. The molecule has 0 aromatic carbocycles. The fraction of sp³-hybridized carbons (Fsp3) is 0.571. The molecule has 0 amide bonds. The van der Waals surface area contributed by atoms with Gasteiger partial charge in [0.1, 0.15) is 18.1 Å². The largest absolute Gasteiger partial charge is 0.491 e. The van der Waals surface area contributed by atoms with E-state index in [1.807, 2.05) is 0 Å². The monoisotopic (exact) mass is 280 g/mol. The van der Waals surface area contributed by atoms with Gasteiger partial charge in [0.2, 0.25) is 0 Å². The summed E-state index contributed by atoms with van der Waals surface area (Å²) in [5.41, 5.74) is 5.86. The van der Waals surface area contributed by atoms with Gasteiger partial charge in [-0.05, 0) is 39.8 Å². The highest BCUT2D eigenvalue weighted by Crippen LogP contribution is 2.10. The van der Waals surface area contributed by atoms with Crippen LogP contribution in [0.4, 0.5) is 0 Å². The molecule has 0 unspecified atom stereocenters. The quantitative estimate of drug-likeness (QED) is 0.343. The Morgan fingerprint density at radius 1 is 1.35 bits per heavy atom. The number of amidine groups is 1. The highest BCUT2D eigenvalue weighted by Gasteiger charge is 2.12. The molecule has 0 aliphatic carbocycles. The van der Waals surface area contributed by atoms with E-state index in [1.165, 1.54) is 0 Å². The van der Waals surface area contributed by atoms with Gasteiger partial charge in [-0.15, -0.1) is 0 Å². The number of hydrogen-bond donors (Lipinski definition) is 2. The number of rotatable bonds is 7. The molecular formula is C14H24N4O2. The molecule has 1 heterocycles. The van der Waals surface area contributed by atoms with E-state index >= 15 is 0 Å². The number of nitrogens with two attached hydrogens (primary N) is 1. The molecule has 0 saturated carbocycles. The lowest BCUT2D eigenvalue weighted by atomic mass is 10.2. The molecule has 0 aliphatic rings. The third-order valence-corrected chi connectivity index (χ3v) is 3.05. The van der Waals surface area contributed by atoms with Crippen LogP contribution >= 0.6 is 0 Å². The summed E-state index contributed by atoms with van der Waals surface area (Å²) in [5, 5.41) is 11.4. The molecular weight excluding hydrogens is 256 g/mol. The maximum Gasteiger partial charge on any atom is 0.188 e. The Morgan fingerprint density at radius 2 is 2.00 bits per heavy atom. The number of ether oxygens (including phenoxy) is 1. The number of hydrogen-bond acceptors (Lipinski definition) is 5. The highest BCUT2D eigenvalue weighted by molar-refractivity contribution is 5.95. The normalized spacial score (nSPS) is 12.4. The van der Waals surface area contributed by atoms with Crippen LogP contribution in [0.5, 0.6) is 5.75 Å². The van der Waals surface area contributed by atoms with Gasteiger partial charge in [0, 0.05) is 18.6 Å². The lowest BCUT2D eigenvalue weighted by Gasteiger charge is -2.30. The lowest BCUT2D eigenvalue weighted by molar-refractivity contribution is 0.142. The van der Waals surface area contributed by atoms with Crippen molar-refractivity contribution in [3.63, 3.8) is 0 Å². The first-order valence-corrected chi connectivity index (χ1v) is 6.78. The summed E-state index contributed by atoms with van der Waals surface area (Å²) in [5.74, 6) is 0.661. The van der Waals surface area contributed by atoms with Crippen LogP contribution in [0.2, 0.25) is 0 Å². The average molecular weight is 280 g/mol. The molecule has 0 radical (unpaired) electrons. The van der Waals surface area contributed by atoms with Crippen molar-refractivity contribution in [3.05, 3.63) is 24.0 Å². The third-order valence-electron chi connectivity index (χ3n) is 3.05. The van der Waals surface area contributed by atoms with Gasteiger partial charge in [0.25, 0.3) is 0 Å². The Hall–Kier alpha value is -1.82. The van der Waals surface area contributed by atoms with E-state index in [1.54, 1.807) is 18.3 Å². The van der Waals surface area contributed by atoms with E-state index in [0.29, 0.717) is 30.1 Å². The maximum absolute atomic E-state index is 8.55. The Kier molecular flexibility index (Phi) is 6.24. The molecule has 3 N–H and O–H groups in total. The summed E-state index contributed by atoms with van der Waals surface area (Å²) in [6.45, 7) is 10.2. The molecule has 6 heteroatoms. The molecule has 0 fully saturated rings. The number of pyridine rings is 1. The van der Waals surface area contributed by atoms with Gasteiger partial charge in [0.15, 0.2) is 5.84 Å². The van der Waals surface area contributed by atoms with E-state index in [2.05, 4.69) is 42.7 Å². The number of oxime groups is 1. The van der Waals surface area contributed by atoms with Crippen LogP contribution in [0.3, 0.4) is 0 Å². The Balaban J connectivity index is 2.50. The van der Waals surface area contributed by atoms with E-state index in [4.69, 9.17) is 15.7 Å². The zero-order valence-electron chi connectivity index (χ0n) is 12.6. The van der Waals surface area contributed by atoms with Crippen molar-refractivity contribution < 1.29 is 9.94 Å². The second-order valence-corrected chi connectivity index (χ2v) is 5.14. The Bertz CT molecular complexity index is 421. The minimum absolute atomic E-state index is 0.0117. The standard InChI is InChI=1S/C14H24N4O2/c1-10(2)18(11(3)4)7-8-20-12-5-6-13(16-9-12)14(15)17-19/h5-6,9-11,19H,7-8H2,1-4H3,(H2,15,17). The zero-order valence-corrected chi connectivity index (χ0v) is 12.6. The van der Waals surface area contributed by atoms with Crippen molar-refractivity contribution in [2.75, 3.05) is 13.2 Å². The van der Waals surface area contributed by atoms with Crippen molar-refractivity contribution >= 4 is 5.84 Å². The van der Waals surface area contributed by atoms with Crippen molar-refractivity contribution in [1.29, 1.82) is 0 Å². The third kappa shape index (κ3) is 4.70. The van der Waals surface area contributed by atoms with Crippen LogP contribution < -0.4 is 10.5 Å². The smallest absolute Gasteiger partial charge is 0.188 e. The summed E-state index contributed by atoms with van der Waals surface area (Å²) in [6.07, 6.45) is 1.57. The van der Waals surface area contributed by atoms with Gasteiger partial charge >= 0.3 is 0 Å². The van der Waals surface area contributed by atoms with Crippen molar-refractivity contribution in [3.8, 4) is 5.75 Å². The molecule has 112 valence electrons. The first-order chi connectivity index (χ1) is 9.45. The maximum atomic E-state index is 8.55. The molecule has 0 saturated heterocycles. The van der Waals surface area contributed by atoms with Gasteiger partial charge in [0.05, 0.1) is 6.20 Å². The first-order valence-electron chi connectivity index (χ1n) is 6.78. The van der Waals surface area contributed by atoms with Crippen molar-refractivity contribution in [2.45, 2.75) is 39.8 Å². The summed E-state index contributed by atoms with van der Waals surface area (Å²) >= 11 is 0. The zero-order chi connectivity index (χ0) is 15.1. The molecule has 0 bridgehead atoms. The fourth-order valence-electron chi connectivity index (χ4n) is 2.05. The van der Waals surface area contributed by atoms with Gasteiger partial charge in [-0.1, -0.05) is 5.16 Å². The summed E-state index contributed by atoms with van der Waals surface area (Å²) in [6, 6.07) is 4.39. The topological polar surface area (TPSA) is 84.0 Å². The van der Waals surface area contributed by atoms with Crippen LogP contribution in [0.25, 0.3) is 0 Å². The van der Waals surface area contributed by atoms with Crippen molar-refractivity contribution in [2.24, 2.45) is 10.9 Å². The predicted molar refractivity (Wildman–Crippen MR) is 79.2 cm³/mol. The molecule has 1 aromatic heterocycles.